The first-order valence-electron chi connectivity index (χ1n) is 6.61. The molecule has 23 heavy (non-hydrogen) atoms. The van der Waals surface area contributed by atoms with E-state index in [0.29, 0.717) is 32.9 Å². The second kappa shape index (κ2) is 5.00. The van der Waals surface area contributed by atoms with E-state index < -0.39 is 0 Å². The third-order valence-electron chi connectivity index (χ3n) is 3.38. The SMILES string of the molecule is Cc1nc2nnc3c(=O)n(-c4ccc(Cl)cc4Cl)ccc3n2n1. The molecule has 0 N–H and O–H groups in total. The monoisotopic (exact) mass is 346 g/mol. The summed E-state index contributed by atoms with van der Waals surface area (Å²) in [6.45, 7) is 1.75. The van der Waals surface area contributed by atoms with Crippen molar-refractivity contribution in [2.75, 3.05) is 0 Å². The summed E-state index contributed by atoms with van der Waals surface area (Å²) in [5, 5.41) is 13.0. The van der Waals surface area contributed by atoms with E-state index in [0.717, 1.165) is 0 Å². The van der Waals surface area contributed by atoms with Crippen LogP contribution in [0.25, 0.3) is 22.5 Å². The highest BCUT2D eigenvalue weighted by Crippen LogP contribution is 2.23. The Balaban J connectivity index is 2.05. The molecule has 0 saturated carbocycles. The first-order valence-corrected chi connectivity index (χ1v) is 7.37. The molecule has 3 heterocycles. The fourth-order valence-electron chi connectivity index (χ4n) is 2.37. The van der Waals surface area contributed by atoms with Crippen LogP contribution in [0.15, 0.2) is 35.3 Å². The van der Waals surface area contributed by atoms with Crippen LogP contribution in [0.3, 0.4) is 0 Å². The first-order chi connectivity index (χ1) is 11.0. The molecule has 0 aliphatic carbocycles. The van der Waals surface area contributed by atoms with E-state index in [1.54, 1.807) is 37.4 Å². The van der Waals surface area contributed by atoms with Crippen molar-refractivity contribution in [3.05, 3.63) is 56.7 Å². The number of hydrogen-bond donors (Lipinski definition) is 0. The lowest BCUT2D eigenvalue weighted by Crippen LogP contribution is -2.20. The minimum Gasteiger partial charge on any atom is -0.281 e. The van der Waals surface area contributed by atoms with E-state index in [4.69, 9.17) is 23.2 Å². The number of fused-ring (bicyclic) bond motifs is 3. The Morgan fingerprint density at radius 3 is 2.74 bits per heavy atom. The number of aromatic nitrogens is 6. The molecule has 0 amide bonds. The first kappa shape index (κ1) is 14.1. The number of pyridine rings is 1. The van der Waals surface area contributed by atoms with Gasteiger partial charge in [0.1, 0.15) is 11.3 Å². The van der Waals surface area contributed by atoms with Gasteiger partial charge in [-0.15, -0.1) is 15.3 Å². The van der Waals surface area contributed by atoms with Gasteiger partial charge in [-0.3, -0.25) is 9.36 Å². The summed E-state index contributed by atoms with van der Waals surface area (Å²) in [4.78, 5) is 16.9. The molecule has 0 fully saturated rings. The third-order valence-corrected chi connectivity index (χ3v) is 3.92. The average Bonchev–Trinajstić information content (AvgIpc) is 2.89. The van der Waals surface area contributed by atoms with Crippen molar-refractivity contribution >= 4 is 40.0 Å². The predicted octanol–water partition coefficient (Wildman–Crippen LogP) is 2.44. The lowest BCUT2D eigenvalue weighted by atomic mass is 10.3. The van der Waals surface area contributed by atoms with Crippen LogP contribution in [0.5, 0.6) is 0 Å². The van der Waals surface area contributed by atoms with Gasteiger partial charge in [0.2, 0.25) is 0 Å². The van der Waals surface area contributed by atoms with E-state index in [2.05, 4.69) is 20.3 Å². The quantitative estimate of drug-likeness (QED) is 0.529. The van der Waals surface area contributed by atoms with Gasteiger partial charge >= 0.3 is 0 Å². The van der Waals surface area contributed by atoms with Crippen LogP contribution in [0.1, 0.15) is 5.82 Å². The van der Waals surface area contributed by atoms with Gasteiger partial charge in [0.05, 0.1) is 10.7 Å². The Bertz CT molecular complexity index is 1130. The van der Waals surface area contributed by atoms with Gasteiger partial charge in [0, 0.05) is 11.2 Å². The van der Waals surface area contributed by atoms with Crippen molar-refractivity contribution in [1.29, 1.82) is 0 Å². The van der Waals surface area contributed by atoms with Crippen molar-refractivity contribution in [3.8, 4) is 5.69 Å². The molecule has 0 spiro atoms. The molecular formula is C14H8Cl2N6O. The molecule has 114 valence electrons. The fourth-order valence-corrected chi connectivity index (χ4v) is 2.87. The molecule has 7 nitrogen and oxygen atoms in total. The topological polar surface area (TPSA) is 78.0 Å². The van der Waals surface area contributed by atoms with Crippen LogP contribution in [0, 0.1) is 6.92 Å². The summed E-state index contributed by atoms with van der Waals surface area (Å²) in [6.07, 6.45) is 1.61. The molecule has 0 unspecified atom stereocenters. The molecule has 1 aromatic carbocycles. The van der Waals surface area contributed by atoms with Gasteiger partial charge in [-0.2, -0.15) is 9.50 Å². The Morgan fingerprint density at radius 2 is 1.96 bits per heavy atom. The molecule has 0 saturated heterocycles. The average molecular weight is 347 g/mol. The number of nitrogens with zero attached hydrogens (tertiary/aromatic N) is 6. The Hall–Kier alpha value is -2.51. The van der Waals surface area contributed by atoms with E-state index in [-0.39, 0.29) is 11.1 Å². The zero-order valence-corrected chi connectivity index (χ0v) is 13.2. The Labute approximate surface area is 139 Å². The van der Waals surface area contributed by atoms with Crippen LogP contribution in [-0.2, 0) is 0 Å². The number of benzene rings is 1. The molecular weight excluding hydrogens is 339 g/mol. The van der Waals surface area contributed by atoms with Gasteiger partial charge in [0.15, 0.2) is 5.52 Å². The molecule has 0 aliphatic rings. The van der Waals surface area contributed by atoms with Crippen molar-refractivity contribution in [1.82, 2.24) is 29.4 Å². The van der Waals surface area contributed by atoms with Crippen molar-refractivity contribution in [2.45, 2.75) is 6.92 Å². The van der Waals surface area contributed by atoms with Gasteiger partial charge in [-0.1, -0.05) is 23.2 Å². The van der Waals surface area contributed by atoms with E-state index in [9.17, 15) is 4.79 Å². The Kier molecular flexibility index (Phi) is 3.07. The fraction of sp³-hybridized carbons (Fsp3) is 0.0714. The van der Waals surface area contributed by atoms with Crippen molar-refractivity contribution in [3.63, 3.8) is 0 Å². The van der Waals surface area contributed by atoms with Crippen LogP contribution in [0.4, 0.5) is 0 Å². The summed E-state index contributed by atoms with van der Waals surface area (Å²) in [5.41, 5.74) is 0.867. The minimum atomic E-state index is -0.353. The van der Waals surface area contributed by atoms with Gasteiger partial charge in [-0.05, 0) is 31.2 Å². The minimum absolute atomic E-state index is 0.177. The summed E-state index contributed by atoms with van der Waals surface area (Å²) in [6, 6.07) is 6.63. The summed E-state index contributed by atoms with van der Waals surface area (Å²) < 4.78 is 2.89. The smallest absolute Gasteiger partial charge is 0.281 e. The Morgan fingerprint density at radius 1 is 1.13 bits per heavy atom. The molecule has 4 aromatic rings. The van der Waals surface area contributed by atoms with Crippen molar-refractivity contribution in [2.24, 2.45) is 0 Å². The van der Waals surface area contributed by atoms with Crippen LogP contribution >= 0.6 is 23.2 Å². The number of rotatable bonds is 1. The normalized spacial score (nSPS) is 11.4. The summed E-state index contributed by atoms with van der Waals surface area (Å²) >= 11 is 12.1. The maximum absolute atomic E-state index is 12.7. The maximum atomic E-state index is 12.7. The van der Waals surface area contributed by atoms with E-state index in [1.165, 1.54) is 9.08 Å². The largest absolute Gasteiger partial charge is 0.285 e. The predicted molar refractivity (Wildman–Crippen MR) is 86.4 cm³/mol. The zero-order valence-electron chi connectivity index (χ0n) is 11.7. The molecule has 4 rings (SSSR count). The maximum Gasteiger partial charge on any atom is 0.285 e. The number of hydrogen-bond acceptors (Lipinski definition) is 5. The number of aryl methyl sites for hydroxylation is 1. The molecule has 0 radical (unpaired) electrons. The highest BCUT2D eigenvalue weighted by atomic mass is 35.5. The highest BCUT2D eigenvalue weighted by Gasteiger charge is 2.13. The molecule has 3 aromatic heterocycles. The summed E-state index contributed by atoms with van der Waals surface area (Å²) in [5.74, 6) is 0.897. The van der Waals surface area contributed by atoms with E-state index in [1.807, 2.05) is 0 Å². The van der Waals surface area contributed by atoms with Crippen LogP contribution in [-0.4, -0.2) is 29.4 Å². The van der Waals surface area contributed by atoms with Gasteiger partial charge < -0.3 is 0 Å². The van der Waals surface area contributed by atoms with Crippen molar-refractivity contribution < 1.29 is 0 Å². The number of halogens is 2. The lowest BCUT2D eigenvalue weighted by Gasteiger charge is -2.09. The molecule has 0 bridgehead atoms. The standard InChI is InChI=1S/C14H8Cl2N6O/c1-7-17-14-19-18-12-11(22(14)20-7)4-5-21(13(12)23)10-3-2-8(15)6-9(10)16/h2-6H,1H3. The second-order valence-corrected chi connectivity index (χ2v) is 5.73. The van der Waals surface area contributed by atoms with Crippen LogP contribution in [0.2, 0.25) is 10.0 Å². The van der Waals surface area contributed by atoms with Crippen LogP contribution < -0.4 is 5.56 Å². The second-order valence-electron chi connectivity index (χ2n) is 4.89. The third kappa shape index (κ3) is 2.16. The lowest BCUT2D eigenvalue weighted by molar-refractivity contribution is 0.905. The molecule has 0 aliphatic heterocycles. The van der Waals surface area contributed by atoms with E-state index >= 15 is 0 Å². The van der Waals surface area contributed by atoms with Gasteiger partial charge in [-0.25, -0.2) is 0 Å². The van der Waals surface area contributed by atoms with Gasteiger partial charge in [0.25, 0.3) is 11.3 Å². The molecule has 0 atom stereocenters. The highest BCUT2D eigenvalue weighted by molar-refractivity contribution is 6.35. The molecule has 9 heteroatoms. The summed E-state index contributed by atoms with van der Waals surface area (Å²) in [7, 11) is 0. The zero-order chi connectivity index (χ0) is 16.1.